The number of benzene rings is 1. The Kier molecular flexibility index (Phi) is 3.83. The number of hydrogen-bond donors (Lipinski definition) is 2. The lowest BCUT2D eigenvalue weighted by Gasteiger charge is -2.15. The van der Waals surface area contributed by atoms with Crippen LogP contribution in [-0.4, -0.2) is 22.1 Å². The van der Waals surface area contributed by atoms with E-state index in [-0.39, 0.29) is 5.92 Å². The predicted molar refractivity (Wildman–Crippen MR) is 82.5 cm³/mol. The van der Waals surface area contributed by atoms with Crippen molar-refractivity contribution in [2.45, 2.75) is 32.4 Å². The maximum Gasteiger partial charge on any atom is 0.320 e. The van der Waals surface area contributed by atoms with Crippen molar-refractivity contribution in [3.8, 4) is 0 Å². The molecule has 1 heterocycles. The molecule has 2 aromatic rings. The zero-order valence-electron chi connectivity index (χ0n) is 11.8. The second-order valence-electron chi connectivity index (χ2n) is 5.55. The summed E-state index contributed by atoms with van der Waals surface area (Å²) in [5.74, 6) is -0.561. The molecule has 0 aliphatic heterocycles. The first kappa shape index (κ1) is 14.3. The van der Waals surface area contributed by atoms with Crippen LogP contribution in [0.5, 0.6) is 0 Å². The normalized spacial score (nSPS) is 16.1. The van der Waals surface area contributed by atoms with E-state index < -0.39 is 12.0 Å². The summed E-state index contributed by atoms with van der Waals surface area (Å²) in [4.78, 5) is 15.8. The first-order chi connectivity index (χ1) is 10.1. The highest BCUT2D eigenvalue weighted by Crippen LogP contribution is 2.33. The molecule has 1 aliphatic carbocycles. The highest BCUT2D eigenvalue weighted by atomic mass is 35.5. The third-order valence-electron chi connectivity index (χ3n) is 3.99. The Hall–Kier alpha value is -1.65. The van der Waals surface area contributed by atoms with Gasteiger partial charge in [0, 0.05) is 11.9 Å². The fourth-order valence-electron chi connectivity index (χ4n) is 2.63. The summed E-state index contributed by atoms with van der Waals surface area (Å²) in [6, 6.07) is 7.32. The zero-order valence-corrected chi connectivity index (χ0v) is 12.5. The minimum absolute atomic E-state index is 0.239. The van der Waals surface area contributed by atoms with Crippen LogP contribution >= 0.6 is 11.6 Å². The Labute approximate surface area is 128 Å². The van der Waals surface area contributed by atoms with Crippen LogP contribution in [0.25, 0.3) is 10.9 Å². The minimum atomic E-state index is -0.800. The van der Waals surface area contributed by atoms with E-state index in [9.17, 15) is 9.90 Å². The molecule has 0 amide bonds. The Morgan fingerprint density at radius 1 is 1.48 bits per heavy atom. The maximum absolute atomic E-state index is 11.3. The molecule has 0 radical (unpaired) electrons. The molecular formula is C16H17ClN2O2. The van der Waals surface area contributed by atoms with Gasteiger partial charge in [-0.15, -0.1) is 0 Å². The van der Waals surface area contributed by atoms with Crippen LogP contribution in [-0.2, 0) is 11.3 Å². The van der Waals surface area contributed by atoms with Crippen LogP contribution in [0.3, 0.4) is 0 Å². The van der Waals surface area contributed by atoms with Gasteiger partial charge in [0.25, 0.3) is 0 Å². The summed E-state index contributed by atoms with van der Waals surface area (Å²) >= 11 is 6.38. The van der Waals surface area contributed by atoms with Crippen molar-refractivity contribution in [3.63, 3.8) is 0 Å². The molecule has 0 bridgehead atoms. The van der Waals surface area contributed by atoms with Crippen molar-refractivity contribution >= 4 is 28.5 Å². The molecule has 1 saturated carbocycles. The van der Waals surface area contributed by atoms with E-state index in [1.54, 1.807) is 0 Å². The third-order valence-corrected chi connectivity index (χ3v) is 4.50. The van der Waals surface area contributed by atoms with Crippen molar-refractivity contribution in [1.29, 1.82) is 0 Å². The van der Waals surface area contributed by atoms with Gasteiger partial charge in [0.1, 0.15) is 6.04 Å². The number of carbonyl (C=O) groups is 1. The summed E-state index contributed by atoms with van der Waals surface area (Å²) in [7, 11) is 0. The van der Waals surface area contributed by atoms with E-state index >= 15 is 0 Å². The second-order valence-corrected chi connectivity index (χ2v) is 5.93. The monoisotopic (exact) mass is 304 g/mol. The van der Waals surface area contributed by atoms with Gasteiger partial charge >= 0.3 is 5.97 Å². The third kappa shape index (κ3) is 2.87. The van der Waals surface area contributed by atoms with Gasteiger partial charge in [-0.05, 0) is 37.3 Å². The number of para-hydroxylation sites is 1. The lowest BCUT2D eigenvalue weighted by Crippen LogP contribution is -2.38. The molecule has 1 fully saturated rings. The summed E-state index contributed by atoms with van der Waals surface area (Å²) in [6.45, 7) is 2.34. The summed E-state index contributed by atoms with van der Waals surface area (Å²) in [5.41, 5.74) is 2.58. The molecule has 110 valence electrons. The standard InChI is InChI=1S/C16H17ClN2O2/c1-9-11-4-2-3-5-12(11)19-13(14(9)17)8-18-15(16(20)21)10-6-7-10/h2-5,10,15,18H,6-8H2,1H3,(H,20,21). The average molecular weight is 305 g/mol. The second kappa shape index (κ2) is 5.62. The smallest absolute Gasteiger partial charge is 0.320 e. The van der Waals surface area contributed by atoms with Gasteiger partial charge < -0.3 is 5.11 Å². The van der Waals surface area contributed by atoms with E-state index in [4.69, 9.17) is 11.6 Å². The molecule has 2 N–H and O–H groups in total. The Bertz CT molecular complexity index is 698. The van der Waals surface area contributed by atoms with Crippen LogP contribution in [0.4, 0.5) is 0 Å². The number of carboxylic acids is 1. The highest BCUT2D eigenvalue weighted by molar-refractivity contribution is 6.32. The van der Waals surface area contributed by atoms with Gasteiger partial charge in [-0.2, -0.15) is 0 Å². The van der Waals surface area contributed by atoms with Crippen molar-refractivity contribution < 1.29 is 9.90 Å². The first-order valence-corrected chi connectivity index (χ1v) is 7.45. The molecule has 5 heteroatoms. The number of nitrogens with zero attached hydrogens (tertiary/aromatic N) is 1. The van der Waals surface area contributed by atoms with Crippen molar-refractivity contribution in [1.82, 2.24) is 10.3 Å². The molecule has 1 atom stereocenters. The Balaban J connectivity index is 1.86. The van der Waals surface area contributed by atoms with Gasteiger partial charge in [0.2, 0.25) is 0 Å². The molecule has 1 aromatic carbocycles. The summed E-state index contributed by atoms with van der Waals surface area (Å²) in [6.07, 6.45) is 1.95. The first-order valence-electron chi connectivity index (χ1n) is 7.08. The molecule has 1 aliphatic rings. The molecule has 21 heavy (non-hydrogen) atoms. The SMILES string of the molecule is Cc1c(Cl)c(CNC(C(=O)O)C2CC2)nc2ccccc12. The molecule has 1 unspecified atom stereocenters. The highest BCUT2D eigenvalue weighted by Gasteiger charge is 2.35. The van der Waals surface area contributed by atoms with E-state index in [1.165, 1.54) is 0 Å². The van der Waals surface area contributed by atoms with Gasteiger partial charge in [-0.1, -0.05) is 29.8 Å². The molecule has 3 rings (SSSR count). The van der Waals surface area contributed by atoms with Gasteiger partial charge in [0.05, 0.1) is 16.2 Å². The van der Waals surface area contributed by atoms with Crippen molar-refractivity contribution in [3.05, 3.63) is 40.5 Å². The number of halogens is 1. The van der Waals surface area contributed by atoms with E-state index in [1.807, 2.05) is 31.2 Å². The number of pyridine rings is 1. The van der Waals surface area contributed by atoms with Gasteiger partial charge in [-0.3, -0.25) is 10.1 Å². The predicted octanol–water partition coefficient (Wildman–Crippen LogP) is 3.15. The summed E-state index contributed by atoms with van der Waals surface area (Å²) < 4.78 is 0. The molecule has 0 saturated heterocycles. The zero-order chi connectivity index (χ0) is 15.0. The molecule has 0 spiro atoms. The molecular weight excluding hydrogens is 288 g/mol. The van der Waals surface area contributed by atoms with Crippen LogP contribution in [0.2, 0.25) is 5.02 Å². The Morgan fingerprint density at radius 2 is 2.19 bits per heavy atom. The number of nitrogens with one attached hydrogen (secondary N) is 1. The molecule has 4 nitrogen and oxygen atoms in total. The van der Waals surface area contributed by atoms with Crippen molar-refractivity contribution in [2.75, 3.05) is 0 Å². The quantitative estimate of drug-likeness (QED) is 0.891. The summed E-state index contributed by atoms with van der Waals surface area (Å²) in [5, 5.41) is 14.0. The molecule has 1 aromatic heterocycles. The van der Waals surface area contributed by atoms with Crippen LogP contribution < -0.4 is 5.32 Å². The maximum atomic E-state index is 11.3. The largest absolute Gasteiger partial charge is 0.480 e. The van der Waals surface area contributed by atoms with E-state index in [0.717, 1.165) is 29.3 Å². The number of rotatable bonds is 5. The van der Waals surface area contributed by atoms with Gasteiger partial charge in [0.15, 0.2) is 0 Å². The number of carboxylic acid groups (broad SMARTS) is 1. The number of fused-ring (bicyclic) bond motifs is 1. The van der Waals surface area contributed by atoms with E-state index in [0.29, 0.717) is 17.3 Å². The van der Waals surface area contributed by atoms with Gasteiger partial charge in [-0.25, -0.2) is 4.98 Å². The number of aromatic nitrogens is 1. The fourth-order valence-corrected chi connectivity index (χ4v) is 2.84. The average Bonchev–Trinajstić information content (AvgIpc) is 3.28. The van der Waals surface area contributed by atoms with Crippen LogP contribution in [0, 0.1) is 12.8 Å². The number of hydrogen-bond acceptors (Lipinski definition) is 3. The Morgan fingerprint density at radius 3 is 2.86 bits per heavy atom. The minimum Gasteiger partial charge on any atom is -0.480 e. The van der Waals surface area contributed by atoms with Crippen LogP contribution in [0.1, 0.15) is 24.1 Å². The van der Waals surface area contributed by atoms with Crippen molar-refractivity contribution in [2.24, 2.45) is 5.92 Å². The number of aliphatic carboxylic acids is 1. The fraction of sp³-hybridized carbons (Fsp3) is 0.375. The lowest BCUT2D eigenvalue weighted by atomic mass is 10.1. The van der Waals surface area contributed by atoms with E-state index in [2.05, 4.69) is 10.3 Å². The number of aryl methyl sites for hydroxylation is 1. The lowest BCUT2D eigenvalue weighted by molar-refractivity contribution is -0.140. The topological polar surface area (TPSA) is 62.2 Å². The van der Waals surface area contributed by atoms with Crippen LogP contribution in [0.15, 0.2) is 24.3 Å².